The maximum Gasteiger partial charge on any atom is 0.340 e. The fourth-order valence-corrected chi connectivity index (χ4v) is 3.58. The molecular formula is C22H28N2O5. The standard InChI is InChI=1S/C22H28N2O5/c1-13(2)11-19(25)23-10-9-20(26)29-16-7-8-18-17(12-16)21(22(27)28-4)14(3)24(18)15-5-6-15/h7-8,12-13,15H,5-6,9-11H2,1-4H3,(H,23,25). The molecule has 1 heterocycles. The number of methoxy groups -OCH3 is 1. The lowest BCUT2D eigenvalue weighted by Gasteiger charge is -2.08. The molecule has 2 aromatic rings. The minimum atomic E-state index is -0.438. The number of hydrogen-bond acceptors (Lipinski definition) is 5. The van der Waals surface area contributed by atoms with E-state index in [0.29, 0.717) is 23.8 Å². The van der Waals surface area contributed by atoms with E-state index in [2.05, 4.69) is 9.88 Å². The zero-order valence-electron chi connectivity index (χ0n) is 17.4. The Balaban J connectivity index is 1.73. The van der Waals surface area contributed by atoms with Crippen molar-refractivity contribution in [3.05, 3.63) is 29.5 Å². The first kappa shape index (κ1) is 20.9. The molecule has 1 fully saturated rings. The van der Waals surface area contributed by atoms with Crippen molar-refractivity contribution in [2.75, 3.05) is 13.7 Å². The Hall–Kier alpha value is -2.83. The molecule has 0 aliphatic heterocycles. The maximum absolute atomic E-state index is 12.3. The third-order valence-corrected chi connectivity index (χ3v) is 5.00. The van der Waals surface area contributed by atoms with Gasteiger partial charge in [0.1, 0.15) is 5.75 Å². The maximum atomic E-state index is 12.3. The van der Waals surface area contributed by atoms with Gasteiger partial charge >= 0.3 is 11.9 Å². The van der Waals surface area contributed by atoms with E-state index in [4.69, 9.17) is 9.47 Å². The Morgan fingerprint density at radius 2 is 1.97 bits per heavy atom. The molecule has 1 aliphatic carbocycles. The van der Waals surface area contributed by atoms with Gasteiger partial charge in [0.25, 0.3) is 0 Å². The van der Waals surface area contributed by atoms with Gasteiger partial charge in [0, 0.05) is 35.6 Å². The summed E-state index contributed by atoms with van der Waals surface area (Å²) in [6.45, 7) is 6.07. The molecular weight excluding hydrogens is 372 g/mol. The quantitative estimate of drug-likeness (QED) is 0.541. The number of rotatable bonds is 8. The largest absolute Gasteiger partial charge is 0.465 e. The minimum Gasteiger partial charge on any atom is -0.465 e. The summed E-state index contributed by atoms with van der Waals surface area (Å²) in [6.07, 6.45) is 2.68. The van der Waals surface area contributed by atoms with Crippen LogP contribution in [0.5, 0.6) is 5.75 Å². The van der Waals surface area contributed by atoms with Gasteiger partial charge in [-0.15, -0.1) is 0 Å². The second kappa shape index (κ2) is 8.68. The van der Waals surface area contributed by atoms with Gasteiger partial charge in [-0.25, -0.2) is 4.79 Å². The van der Waals surface area contributed by atoms with E-state index in [0.717, 1.165) is 29.4 Å². The summed E-state index contributed by atoms with van der Waals surface area (Å²) in [5, 5.41) is 3.44. The molecule has 3 rings (SSSR count). The predicted molar refractivity (Wildman–Crippen MR) is 109 cm³/mol. The van der Waals surface area contributed by atoms with Crippen LogP contribution in [0.1, 0.15) is 61.6 Å². The normalized spacial score (nSPS) is 13.6. The van der Waals surface area contributed by atoms with Crippen LogP contribution in [0.3, 0.4) is 0 Å². The summed E-state index contributed by atoms with van der Waals surface area (Å²) >= 11 is 0. The van der Waals surface area contributed by atoms with Gasteiger partial charge in [-0.05, 0) is 43.9 Å². The summed E-state index contributed by atoms with van der Waals surface area (Å²) in [4.78, 5) is 36.1. The molecule has 156 valence electrons. The van der Waals surface area contributed by atoms with Crippen molar-refractivity contribution in [2.24, 2.45) is 5.92 Å². The number of fused-ring (bicyclic) bond motifs is 1. The first-order chi connectivity index (χ1) is 13.8. The first-order valence-electron chi connectivity index (χ1n) is 10.0. The van der Waals surface area contributed by atoms with Gasteiger partial charge in [0.15, 0.2) is 0 Å². The van der Waals surface area contributed by atoms with Crippen LogP contribution in [0, 0.1) is 12.8 Å². The van der Waals surface area contributed by atoms with Gasteiger partial charge < -0.3 is 19.4 Å². The summed E-state index contributed by atoms with van der Waals surface area (Å²) in [5.74, 6) is -0.276. The van der Waals surface area contributed by atoms with Crippen molar-refractivity contribution >= 4 is 28.7 Å². The van der Waals surface area contributed by atoms with Gasteiger partial charge in [-0.1, -0.05) is 13.8 Å². The van der Waals surface area contributed by atoms with Crippen molar-refractivity contribution in [1.82, 2.24) is 9.88 Å². The molecule has 0 radical (unpaired) electrons. The van der Waals surface area contributed by atoms with Gasteiger partial charge in [-0.3, -0.25) is 9.59 Å². The van der Waals surface area contributed by atoms with Crippen LogP contribution in [0.2, 0.25) is 0 Å². The number of carbonyl (C=O) groups is 3. The Morgan fingerprint density at radius 3 is 2.59 bits per heavy atom. The third-order valence-electron chi connectivity index (χ3n) is 5.00. The van der Waals surface area contributed by atoms with Gasteiger partial charge in [0.05, 0.1) is 19.1 Å². The average molecular weight is 400 g/mol. The monoisotopic (exact) mass is 400 g/mol. The lowest BCUT2D eigenvalue weighted by Crippen LogP contribution is -2.27. The second-order valence-electron chi connectivity index (χ2n) is 7.90. The highest BCUT2D eigenvalue weighted by molar-refractivity contribution is 6.06. The Kier molecular flexibility index (Phi) is 6.25. The van der Waals surface area contributed by atoms with Crippen molar-refractivity contribution in [3.8, 4) is 5.75 Å². The average Bonchev–Trinajstić information content (AvgIpc) is 3.43. The number of benzene rings is 1. The zero-order chi connectivity index (χ0) is 21.1. The Morgan fingerprint density at radius 1 is 1.24 bits per heavy atom. The molecule has 0 spiro atoms. The summed E-state index contributed by atoms with van der Waals surface area (Å²) in [6, 6.07) is 5.72. The van der Waals surface area contributed by atoms with Crippen molar-refractivity contribution in [1.29, 1.82) is 0 Å². The second-order valence-corrected chi connectivity index (χ2v) is 7.90. The molecule has 1 aromatic carbocycles. The van der Waals surface area contributed by atoms with E-state index in [9.17, 15) is 14.4 Å². The van der Waals surface area contributed by atoms with Gasteiger partial charge in [0.2, 0.25) is 5.91 Å². The Bertz CT molecular complexity index is 940. The number of carbonyl (C=O) groups excluding carboxylic acids is 3. The highest BCUT2D eigenvalue weighted by atomic mass is 16.5. The van der Waals surface area contributed by atoms with Crippen LogP contribution in [0.4, 0.5) is 0 Å². The lowest BCUT2D eigenvalue weighted by molar-refractivity contribution is -0.134. The molecule has 7 nitrogen and oxygen atoms in total. The van der Waals surface area contributed by atoms with E-state index < -0.39 is 11.9 Å². The topological polar surface area (TPSA) is 86.6 Å². The molecule has 0 unspecified atom stereocenters. The lowest BCUT2D eigenvalue weighted by atomic mass is 10.1. The molecule has 1 aliphatic rings. The van der Waals surface area contributed by atoms with Crippen molar-refractivity contribution in [2.45, 2.75) is 52.5 Å². The SMILES string of the molecule is COC(=O)c1c(C)n(C2CC2)c2ccc(OC(=O)CCNC(=O)CC(C)C)cc12. The first-order valence-corrected chi connectivity index (χ1v) is 10.0. The molecule has 0 atom stereocenters. The smallest absolute Gasteiger partial charge is 0.340 e. The van der Waals surface area contributed by atoms with Crippen LogP contribution >= 0.6 is 0 Å². The van der Waals surface area contributed by atoms with Crippen molar-refractivity contribution in [3.63, 3.8) is 0 Å². The molecule has 7 heteroatoms. The van der Waals surface area contributed by atoms with Crippen LogP contribution in [0.15, 0.2) is 18.2 Å². The molecule has 0 saturated heterocycles. The summed E-state index contributed by atoms with van der Waals surface area (Å²) in [7, 11) is 1.36. The number of ether oxygens (including phenoxy) is 2. The molecule has 1 saturated carbocycles. The van der Waals surface area contributed by atoms with E-state index in [1.165, 1.54) is 7.11 Å². The minimum absolute atomic E-state index is 0.0752. The predicted octanol–water partition coefficient (Wildman–Crippen LogP) is 3.53. The zero-order valence-corrected chi connectivity index (χ0v) is 17.4. The van der Waals surface area contributed by atoms with E-state index in [-0.39, 0.29) is 24.8 Å². The number of esters is 2. The molecule has 1 aromatic heterocycles. The Labute approximate surface area is 170 Å². The fraction of sp³-hybridized carbons (Fsp3) is 0.500. The fourth-order valence-electron chi connectivity index (χ4n) is 3.58. The summed E-state index contributed by atoms with van der Waals surface area (Å²) in [5.41, 5.74) is 2.31. The third kappa shape index (κ3) is 4.78. The summed E-state index contributed by atoms with van der Waals surface area (Å²) < 4.78 is 12.6. The van der Waals surface area contributed by atoms with E-state index >= 15 is 0 Å². The van der Waals surface area contributed by atoms with Crippen LogP contribution in [-0.2, 0) is 14.3 Å². The highest BCUT2D eigenvalue weighted by Crippen LogP contribution is 2.42. The number of aromatic nitrogens is 1. The van der Waals surface area contributed by atoms with E-state index in [1.807, 2.05) is 26.8 Å². The molecule has 0 bridgehead atoms. The van der Waals surface area contributed by atoms with Crippen LogP contribution in [0.25, 0.3) is 10.9 Å². The van der Waals surface area contributed by atoms with Crippen LogP contribution < -0.4 is 10.1 Å². The molecule has 29 heavy (non-hydrogen) atoms. The number of nitrogens with zero attached hydrogens (tertiary/aromatic N) is 1. The van der Waals surface area contributed by atoms with Gasteiger partial charge in [-0.2, -0.15) is 0 Å². The highest BCUT2D eigenvalue weighted by Gasteiger charge is 2.30. The molecule has 1 N–H and O–H groups in total. The van der Waals surface area contributed by atoms with Crippen molar-refractivity contribution < 1.29 is 23.9 Å². The number of amides is 1. The molecule has 1 amide bonds. The number of nitrogens with one attached hydrogen (secondary N) is 1. The van der Waals surface area contributed by atoms with E-state index in [1.54, 1.807) is 12.1 Å². The van der Waals surface area contributed by atoms with Crippen LogP contribution in [-0.4, -0.2) is 36.1 Å². The number of hydrogen-bond donors (Lipinski definition) is 1.